The number of halogens is 1. The summed E-state index contributed by atoms with van der Waals surface area (Å²) in [5, 5.41) is 8.87. The zero-order chi connectivity index (χ0) is 15.2. The van der Waals surface area contributed by atoms with E-state index in [0.717, 1.165) is 25.0 Å². The minimum absolute atomic E-state index is 0.272. The Balaban J connectivity index is 1.80. The van der Waals surface area contributed by atoms with Gasteiger partial charge in [-0.15, -0.1) is 0 Å². The summed E-state index contributed by atoms with van der Waals surface area (Å²) in [6.07, 6.45) is 2.91. The number of amides is 1. The average Bonchev–Trinajstić information content (AvgIpc) is 3.27. The van der Waals surface area contributed by atoms with Crippen LogP contribution in [0.1, 0.15) is 24.8 Å². The average molecular weight is 308 g/mol. The van der Waals surface area contributed by atoms with Gasteiger partial charge >= 0.3 is 0 Å². The molecule has 2 aliphatic rings. The number of nitriles is 1. The maximum atomic E-state index is 13.5. The molecule has 0 radical (unpaired) electrons. The summed E-state index contributed by atoms with van der Waals surface area (Å²) in [7, 11) is -4.22. The molecule has 0 heterocycles. The second-order valence-electron chi connectivity index (χ2n) is 5.54. The van der Waals surface area contributed by atoms with Crippen LogP contribution in [0, 0.1) is 34.9 Å². The standard InChI is InChI=1S/C14H13FN2O3S/c15-12-2-1-3-13(11(12)7-16)21(19,20)17-14(18)10-6-9(10)8-4-5-8/h1-3,8-10H,4-6H2,(H,17,18)/t9-,10+/m1/s1. The van der Waals surface area contributed by atoms with E-state index < -0.39 is 32.2 Å². The number of rotatable bonds is 4. The molecular formula is C14H13FN2O3S. The summed E-state index contributed by atoms with van der Waals surface area (Å²) in [4.78, 5) is 11.5. The number of benzene rings is 1. The van der Waals surface area contributed by atoms with Crippen LogP contribution in [0.25, 0.3) is 0 Å². The predicted octanol–water partition coefficient (Wildman–Crippen LogP) is 1.55. The number of nitrogens with one attached hydrogen (secondary N) is 1. The highest BCUT2D eigenvalue weighted by molar-refractivity contribution is 7.90. The molecule has 0 bridgehead atoms. The lowest BCUT2D eigenvalue weighted by molar-refractivity contribution is -0.120. The van der Waals surface area contributed by atoms with Crippen LogP contribution in [-0.2, 0) is 14.8 Å². The molecule has 5 nitrogen and oxygen atoms in total. The fraction of sp³-hybridized carbons (Fsp3) is 0.429. The van der Waals surface area contributed by atoms with Crippen molar-refractivity contribution in [1.82, 2.24) is 4.72 Å². The van der Waals surface area contributed by atoms with Crippen molar-refractivity contribution < 1.29 is 17.6 Å². The van der Waals surface area contributed by atoms with Gasteiger partial charge in [-0.3, -0.25) is 4.79 Å². The van der Waals surface area contributed by atoms with Gasteiger partial charge in [-0.1, -0.05) is 6.07 Å². The Morgan fingerprint density at radius 3 is 2.71 bits per heavy atom. The van der Waals surface area contributed by atoms with Crippen LogP contribution in [0.5, 0.6) is 0 Å². The molecule has 3 rings (SSSR count). The fourth-order valence-corrected chi connectivity index (χ4v) is 3.86. The Bertz CT molecular complexity index is 750. The molecule has 2 fully saturated rings. The van der Waals surface area contributed by atoms with E-state index >= 15 is 0 Å². The summed E-state index contributed by atoms with van der Waals surface area (Å²) >= 11 is 0. The molecule has 1 aromatic carbocycles. The quantitative estimate of drug-likeness (QED) is 0.914. The van der Waals surface area contributed by atoms with E-state index in [1.54, 1.807) is 0 Å². The number of nitrogens with zero attached hydrogens (tertiary/aromatic N) is 1. The third kappa shape index (κ3) is 2.63. The summed E-state index contributed by atoms with van der Waals surface area (Å²) in [5.74, 6) is -0.919. The molecule has 0 unspecified atom stereocenters. The van der Waals surface area contributed by atoms with Gasteiger partial charge in [-0.25, -0.2) is 17.5 Å². The van der Waals surface area contributed by atoms with Crippen molar-refractivity contribution in [2.45, 2.75) is 24.2 Å². The zero-order valence-electron chi connectivity index (χ0n) is 11.0. The summed E-state index contributed by atoms with van der Waals surface area (Å²) in [6, 6.07) is 4.83. The normalized spacial score (nSPS) is 24.2. The molecule has 110 valence electrons. The molecule has 1 amide bonds. The van der Waals surface area contributed by atoms with E-state index in [1.165, 1.54) is 12.1 Å². The monoisotopic (exact) mass is 308 g/mol. The van der Waals surface area contributed by atoms with Crippen molar-refractivity contribution in [3.8, 4) is 6.07 Å². The molecule has 0 aliphatic heterocycles. The Kier molecular flexibility index (Phi) is 3.21. The molecule has 0 saturated heterocycles. The number of carbonyl (C=O) groups excluding carboxylic acids is 1. The van der Waals surface area contributed by atoms with Crippen LogP contribution in [-0.4, -0.2) is 14.3 Å². The van der Waals surface area contributed by atoms with Crippen LogP contribution in [0.15, 0.2) is 23.1 Å². The molecule has 1 N–H and O–H groups in total. The fourth-order valence-electron chi connectivity index (χ4n) is 2.66. The highest BCUT2D eigenvalue weighted by Crippen LogP contribution is 2.54. The van der Waals surface area contributed by atoms with Gasteiger partial charge < -0.3 is 0 Å². The minimum Gasteiger partial charge on any atom is -0.274 e. The topological polar surface area (TPSA) is 87.0 Å². The van der Waals surface area contributed by atoms with Crippen LogP contribution in [0.2, 0.25) is 0 Å². The summed E-state index contributed by atoms with van der Waals surface area (Å²) < 4.78 is 39.7. The lowest BCUT2D eigenvalue weighted by atomic mass is 10.2. The van der Waals surface area contributed by atoms with Crippen molar-refractivity contribution >= 4 is 15.9 Å². The number of hydrogen-bond acceptors (Lipinski definition) is 4. The van der Waals surface area contributed by atoms with Gasteiger partial charge in [0, 0.05) is 5.92 Å². The van der Waals surface area contributed by atoms with Crippen molar-refractivity contribution in [1.29, 1.82) is 5.26 Å². The van der Waals surface area contributed by atoms with Gasteiger partial charge in [0.1, 0.15) is 22.3 Å². The van der Waals surface area contributed by atoms with E-state index in [1.807, 2.05) is 4.72 Å². The first-order valence-electron chi connectivity index (χ1n) is 6.69. The van der Waals surface area contributed by atoms with Gasteiger partial charge in [-0.05, 0) is 43.2 Å². The molecule has 2 atom stereocenters. The molecule has 7 heteroatoms. The Labute approximate surface area is 121 Å². The Morgan fingerprint density at radius 1 is 1.38 bits per heavy atom. The molecule has 1 aromatic rings. The van der Waals surface area contributed by atoms with E-state index in [0.29, 0.717) is 12.3 Å². The molecular weight excluding hydrogens is 295 g/mol. The Morgan fingerprint density at radius 2 is 2.10 bits per heavy atom. The molecule has 2 saturated carbocycles. The lowest BCUT2D eigenvalue weighted by Gasteiger charge is -2.08. The maximum Gasteiger partial charge on any atom is 0.265 e. The third-order valence-electron chi connectivity index (χ3n) is 4.02. The Hall–Kier alpha value is -1.94. The molecule has 0 spiro atoms. The predicted molar refractivity (Wildman–Crippen MR) is 70.8 cm³/mol. The van der Waals surface area contributed by atoms with E-state index in [4.69, 9.17) is 5.26 Å². The van der Waals surface area contributed by atoms with Crippen molar-refractivity contribution in [3.63, 3.8) is 0 Å². The zero-order valence-corrected chi connectivity index (χ0v) is 11.9. The highest BCUT2D eigenvalue weighted by atomic mass is 32.2. The summed E-state index contributed by atoms with van der Waals surface area (Å²) in [6.45, 7) is 0. The highest BCUT2D eigenvalue weighted by Gasteiger charge is 2.51. The van der Waals surface area contributed by atoms with Gasteiger partial charge in [0.05, 0.1) is 0 Å². The number of sulfonamides is 1. The third-order valence-corrected chi connectivity index (χ3v) is 5.40. The van der Waals surface area contributed by atoms with Gasteiger partial charge in [0.15, 0.2) is 0 Å². The van der Waals surface area contributed by atoms with Crippen molar-refractivity contribution in [2.24, 2.45) is 17.8 Å². The lowest BCUT2D eigenvalue weighted by Crippen LogP contribution is -2.33. The van der Waals surface area contributed by atoms with Gasteiger partial charge in [0.2, 0.25) is 5.91 Å². The van der Waals surface area contributed by atoms with E-state index in [9.17, 15) is 17.6 Å². The molecule has 0 aromatic heterocycles. The van der Waals surface area contributed by atoms with E-state index in [-0.39, 0.29) is 11.8 Å². The first-order chi connectivity index (χ1) is 9.94. The minimum atomic E-state index is -4.22. The number of hydrogen-bond donors (Lipinski definition) is 1. The van der Waals surface area contributed by atoms with E-state index in [2.05, 4.69) is 0 Å². The first-order valence-corrected chi connectivity index (χ1v) is 8.17. The van der Waals surface area contributed by atoms with Crippen molar-refractivity contribution in [2.75, 3.05) is 0 Å². The first kappa shape index (κ1) is 14.0. The largest absolute Gasteiger partial charge is 0.274 e. The van der Waals surface area contributed by atoms with Crippen molar-refractivity contribution in [3.05, 3.63) is 29.6 Å². The second-order valence-corrected chi connectivity index (χ2v) is 7.19. The smallest absolute Gasteiger partial charge is 0.265 e. The van der Waals surface area contributed by atoms with Gasteiger partial charge in [0.25, 0.3) is 10.0 Å². The van der Waals surface area contributed by atoms with Crippen LogP contribution < -0.4 is 4.72 Å². The molecule has 21 heavy (non-hydrogen) atoms. The van der Waals surface area contributed by atoms with Crippen LogP contribution >= 0.6 is 0 Å². The molecule has 2 aliphatic carbocycles. The summed E-state index contributed by atoms with van der Waals surface area (Å²) in [5.41, 5.74) is -0.577. The van der Waals surface area contributed by atoms with Crippen LogP contribution in [0.3, 0.4) is 0 Å². The maximum absolute atomic E-state index is 13.5. The SMILES string of the molecule is N#Cc1c(F)cccc1S(=O)(=O)NC(=O)[C@H]1C[C@@H]1C1CC1. The van der Waals surface area contributed by atoms with Crippen LogP contribution in [0.4, 0.5) is 4.39 Å². The number of carbonyl (C=O) groups is 1. The van der Waals surface area contributed by atoms with Gasteiger partial charge in [-0.2, -0.15) is 5.26 Å². The second kappa shape index (κ2) is 4.81.